The molecule has 2 unspecified atom stereocenters. The summed E-state index contributed by atoms with van der Waals surface area (Å²) in [7, 11) is 0. The van der Waals surface area contributed by atoms with Gasteiger partial charge in [-0.1, -0.05) is 24.4 Å². The summed E-state index contributed by atoms with van der Waals surface area (Å²) in [6.45, 7) is 0. The van der Waals surface area contributed by atoms with Crippen LogP contribution in [0, 0.1) is 17.2 Å². The summed E-state index contributed by atoms with van der Waals surface area (Å²) < 4.78 is 0. The first-order valence-electron chi connectivity index (χ1n) is 6.38. The van der Waals surface area contributed by atoms with E-state index in [1.165, 1.54) is 0 Å². The van der Waals surface area contributed by atoms with Gasteiger partial charge in [-0.2, -0.15) is 5.26 Å². The van der Waals surface area contributed by atoms with Crippen molar-refractivity contribution in [1.29, 1.82) is 5.26 Å². The fraction of sp³-hybridized carbons (Fsp3) is 0.429. The molecule has 1 aliphatic rings. The zero-order valence-corrected chi connectivity index (χ0v) is 11.3. The molecule has 2 rings (SSSR count). The van der Waals surface area contributed by atoms with Crippen LogP contribution in [0.1, 0.15) is 31.2 Å². The quantitative estimate of drug-likeness (QED) is 0.872. The van der Waals surface area contributed by atoms with Crippen molar-refractivity contribution >= 4 is 23.2 Å². The number of benzene rings is 1. The van der Waals surface area contributed by atoms with E-state index in [-0.39, 0.29) is 17.9 Å². The zero-order valence-electron chi connectivity index (χ0n) is 10.5. The van der Waals surface area contributed by atoms with Gasteiger partial charge in [0.15, 0.2) is 0 Å². The second-order valence-electron chi connectivity index (χ2n) is 4.85. The number of hydrogen-bond donors (Lipinski definition) is 2. The lowest BCUT2D eigenvalue weighted by atomic mass is 9.84. The third kappa shape index (κ3) is 3.25. The van der Waals surface area contributed by atoms with E-state index < -0.39 is 0 Å². The van der Waals surface area contributed by atoms with Crippen molar-refractivity contribution in [3.8, 4) is 6.07 Å². The van der Waals surface area contributed by atoms with Crippen LogP contribution < -0.4 is 11.1 Å². The smallest absolute Gasteiger partial charge is 0.229 e. The van der Waals surface area contributed by atoms with E-state index >= 15 is 0 Å². The lowest BCUT2D eigenvalue weighted by Gasteiger charge is -2.27. The molecule has 0 aromatic heterocycles. The van der Waals surface area contributed by atoms with Gasteiger partial charge < -0.3 is 11.1 Å². The zero-order chi connectivity index (χ0) is 13.8. The summed E-state index contributed by atoms with van der Waals surface area (Å²) in [6.07, 6.45) is 3.79. The molecule has 1 aromatic carbocycles. The summed E-state index contributed by atoms with van der Waals surface area (Å²) >= 11 is 6.02. The molecule has 1 aliphatic carbocycles. The molecule has 5 heteroatoms. The van der Waals surface area contributed by atoms with Crippen molar-refractivity contribution in [2.24, 2.45) is 11.7 Å². The van der Waals surface area contributed by atoms with Crippen molar-refractivity contribution in [3.05, 3.63) is 28.8 Å². The highest BCUT2D eigenvalue weighted by molar-refractivity contribution is 6.33. The Morgan fingerprint density at radius 2 is 2.16 bits per heavy atom. The lowest BCUT2D eigenvalue weighted by Crippen LogP contribution is -2.40. The van der Waals surface area contributed by atoms with E-state index in [0.717, 1.165) is 25.7 Å². The Labute approximate surface area is 117 Å². The Morgan fingerprint density at radius 3 is 2.84 bits per heavy atom. The molecular formula is C14H16ClN3O. The monoisotopic (exact) mass is 277 g/mol. The van der Waals surface area contributed by atoms with Crippen LogP contribution in [0.3, 0.4) is 0 Å². The number of amides is 1. The molecule has 2 atom stereocenters. The van der Waals surface area contributed by atoms with Crippen molar-refractivity contribution in [2.45, 2.75) is 31.7 Å². The van der Waals surface area contributed by atoms with Gasteiger partial charge >= 0.3 is 0 Å². The first-order valence-corrected chi connectivity index (χ1v) is 6.75. The van der Waals surface area contributed by atoms with Gasteiger partial charge in [-0.15, -0.1) is 0 Å². The van der Waals surface area contributed by atoms with E-state index in [1.54, 1.807) is 18.2 Å². The van der Waals surface area contributed by atoms with Crippen LogP contribution in [0.2, 0.25) is 5.02 Å². The number of rotatable bonds is 2. The molecule has 0 aliphatic heterocycles. The molecule has 19 heavy (non-hydrogen) atoms. The molecule has 1 saturated carbocycles. The van der Waals surface area contributed by atoms with Gasteiger partial charge in [0, 0.05) is 6.04 Å². The molecule has 1 amide bonds. The fourth-order valence-electron chi connectivity index (χ4n) is 2.40. The molecule has 0 saturated heterocycles. The first kappa shape index (κ1) is 13.9. The number of nitrogens with zero attached hydrogens (tertiary/aromatic N) is 1. The average Bonchev–Trinajstić information content (AvgIpc) is 2.41. The van der Waals surface area contributed by atoms with Crippen molar-refractivity contribution in [2.75, 3.05) is 5.32 Å². The predicted molar refractivity (Wildman–Crippen MR) is 74.7 cm³/mol. The molecule has 1 aromatic rings. The lowest BCUT2D eigenvalue weighted by molar-refractivity contribution is -0.121. The Balaban J connectivity index is 2.12. The van der Waals surface area contributed by atoms with Crippen LogP contribution in [0.4, 0.5) is 5.69 Å². The van der Waals surface area contributed by atoms with Crippen molar-refractivity contribution < 1.29 is 4.79 Å². The highest BCUT2D eigenvalue weighted by atomic mass is 35.5. The summed E-state index contributed by atoms with van der Waals surface area (Å²) in [5.74, 6) is -0.278. The molecule has 0 heterocycles. The number of hydrogen-bond acceptors (Lipinski definition) is 3. The van der Waals surface area contributed by atoms with Crippen LogP contribution in [-0.2, 0) is 4.79 Å². The first-order chi connectivity index (χ1) is 9.11. The predicted octanol–water partition coefficient (Wildman–Crippen LogP) is 2.67. The van der Waals surface area contributed by atoms with E-state index in [4.69, 9.17) is 22.6 Å². The molecular weight excluding hydrogens is 262 g/mol. The van der Waals surface area contributed by atoms with E-state index in [1.807, 2.05) is 6.07 Å². The topological polar surface area (TPSA) is 78.9 Å². The Hall–Kier alpha value is -1.57. The molecule has 0 bridgehead atoms. The van der Waals surface area contributed by atoms with E-state index in [0.29, 0.717) is 16.3 Å². The molecule has 1 fully saturated rings. The largest absolute Gasteiger partial charge is 0.327 e. The van der Waals surface area contributed by atoms with Crippen LogP contribution in [0.15, 0.2) is 18.2 Å². The molecule has 4 nitrogen and oxygen atoms in total. The number of nitriles is 1. The molecule has 0 radical (unpaired) electrons. The maximum Gasteiger partial charge on any atom is 0.229 e. The number of carbonyl (C=O) groups is 1. The minimum Gasteiger partial charge on any atom is -0.327 e. The average molecular weight is 278 g/mol. The number of halogens is 1. The Morgan fingerprint density at radius 1 is 1.42 bits per heavy atom. The van der Waals surface area contributed by atoms with Crippen molar-refractivity contribution in [1.82, 2.24) is 0 Å². The van der Waals surface area contributed by atoms with Gasteiger partial charge in [-0.05, 0) is 31.0 Å². The van der Waals surface area contributed by atoms with Crippen LogP contribution >= 0.6 is 11.6 Å². The standard InChI is InChI=1S/C14H16ClN3O/c15-11-6-5-9(8-16)7-13(11)18-14(19)10-3-1-2-4-12(10)17/h5-7,10,12H,1-4,17H2,(H,18,19). The highest BCUT2D eigenvalue weighted by Gasteiger charge is 2.28. The SMILES string of the molecule is N#Cc1ccc(Cl)c(NC(=O)C2CCCCC2N)c1. The highest BCUT2D eigenvalue weighted by Crippen LogP contribution is 2.27. The minimum atomic E-state index is -0.171. The summed E-state index contributed by atoms with van der Waals surface area (Å²) in [6, 6.07) is 6.73. The normalized spacial score (nSPS) is 22.6. The van der Waals surface area contributed by atoms with Crippen LogP contribution in [0.5, 0.6) is 0 Å². The van der Waals surface area contributed by atoms with Gasteiger partial charge in [-0.3, -0.25) is 4.79 Å². The summed E-state index contributed by atoms with van der Waals surface area (Å²) in [5.41, 5.74) is 6.92. The van der Waals surface area contributed by atoms with Gasteiger partial charge in [0.2, 0.25) is 5.91 Å². The summed E-state index contributed by atoms with van der Waals surface area (Å²) in [5, 5.41) is 12.1. The third-order valence-electron chi connectivity index (χ3n) is 3.51. The minimum absolute atomic E-state index is 0.0910. The Bertz CT molecular complexity index is 524. The number of nitrogens with one attached hydrogen (secondary N) is 1. The number of carbonyl (C=O) groups excluding carboxylic acids is 1. The summed E-state index contributed by atoms with van der Waals surface area (Å²) in [4.78, 5) is 12.2. The van der Waals surface area contributed by atoms with Gasteiger partial charge in [-0.25, -0.2) is 0 Å². The maximum absolute atomic E-state index is 12.2. The van der Waals surface area contributed by atoms with Crippen LogP contribution in [0.25, 0.3) is 0 Å². The van der Waals surface area contributed by atoms with Crippen LogP contribution in [-0.4, -0.2) is 11.9 Å². The Kier molecular flexibility index (Phi) is 4.41. The van der Waals surface area contributed by atoms with Crippen molar-refractivity contribution in [3.63, 3.8) is 0 Å². The third-order valence-corrected chi connectivity index (χ3v) is 3.84. The molecule has 0 spiro atoms. The number of anilines is 1. The molecule has 3 N–H and O–H groups in total. The van der Waals surface area contributed by atoms with Gasteiger partial charge in [0.05, 0.1) is 28.3 Å². The fourth-order valence-corrected chi connectivity index (χ4v) is 2.57. The van der Waals surface area contributed by atoms with E-state index in [2.05, 4.69) is 5.32 Å². The van der Waals surface area contributed by atoms with Gasteiger partial charge in [0.25, 0.3) is 0 Å². The second-order valence-corrected chi connectivity index (χ2v) is 5.26. The molecule has 100 valence electrons. The second kappa shape index (κ2) is 6.05. The number of nitrogens with two attached hydrogens (primary N) is 1. The van der Waals surface area contributed by atoms with Gasteiger partial charge in [0.1, 0.15) is 0 Å². The van der Waals surface area contributed by atoms with E-state index in [9.17, 15) is 4.79 Å². The maximum atomic E-state index is 12.2.